The van der Waals surface area contributed by atoms with Gasteiger partial charge in [-0.15, -0.1) is 11.6 Å². The molecule has 0 N–H and O–H groups in total. The SMILES string of the molecule is Cc1ncc(N(C)CCC(C)Cl)nc1C. The number of alkyl halides is 1. The van der Waals surface area contributed by atoms with E-state index in [2.05, 4.69) is 14.9 Å². The van der Waals surface area contributed by atoms with E-state index in [0.717, 1.165) is 30.2 Å². The minimum absolute atomic E-state index is 0.201. The minimum atomic E-state index is 0.201. The van der Waals surface area contributed by atoms with E-state index in [4.69, 9.17) is 11.6 Å². The van der Waals surface area contributed by atoms with Crippen molar-refractivity contribution in [2.24, 2.45) is 0 Å². The Balaban J connectivity index is 2.65. The summed E-state index contributed by atoms with van der Waals surface area (Å²) >= 11 is 5.90. The fourth-order valence-electron chi connectivity index (χ4n) is 1.20. The van der Waals surface area contributed by atoms with Crippen LogP contribution in [0.25, 0.3) is 0 Å². The molecule has 3 nitrogen and oxygen atoms in total. The Bertz CT molecular complexity index is 326. The number of halogens is 1. The van der Waals surface area contributed by atoms with Gasteiger partial charge in [0.05, 0.1) is 17.6 Å². The quantitative estimate of drug-likeness (QED) is 0.741. The monoisotopic (exact) mass is 227 g/mol. The number of nitrogens with zero attached hydrogens (tertiary/aromatic N) is 3. The molecule has 1 rings (SSSR count). The zero-order chi connectivity index (χ0) is 11.4. The van der Waals surface area contributed by atoms with Gasteiger partial charge in [0.2, 0.25) is 0 Å². The van der Waals surface area contributed by atoms with Crippen molar-refractivity contribution in [3.8, 4) is 0 Å². The Kier molecular flexibility index (Phi) is 4.33. The van der Waals surface area contributed by atoms with Crippen LogP contribution < -0.4 is 4.90 Å². The van der Waals surface area contributed by atoms with Crippen LogP contribution in [0.15, 0.2) is 6.20 Å². The highest BCUT2D eigenvalue weighted by Gasteiger charge is 2.06. The van der Waals surface area contributed by atoms with E-state index in [9.17, 15) is 0 Å². The van der Waals surface area contributed by atoms with E-state index in [0.29, 0.717) is 0 Å². The number of hydrogen-bond donors (Lipinski definition) is 0. The average molecular weight is 228 g/mol. The van der Waals surface area contributed by atoms with Crippen LogP contribution in [0.1, 0.15) is 24.7 Å². The third-order valence-corrected chi connectivity index (χ3v) is 2.65. The van der Waals surface area contributed by atoms with Gasteiger partial charge in [0.15, 0.2) is 0 Å². The maximum absolute atomic E-state index is 5.90. The Morgan fingerprint density at radius 3 is 2.60 bits per heavy atom. The molecule has 1 unspecified atom stereocenters. The van der Waals surface area contributed by atoms with Gasteiger partial charge in [0.25, 0.3) is 0 Å². The van der Waals surface area contributed by atoms with Gasteiger partial charge in [0.1, 0.15) is 5.82 Å². The maximum atomic E-state index is 5.90. The van der Waals surface area contributed by atoms with E-state index < -0.39 is 0 Å². The lowest BCUT2D eigenvalue weighted by atomic mass is 10.3. The summed E-state index contributed by atoms with van der Waals surface area (Å²) in [4.78, 5) is 10.8. The van der Waals surface area contributed by atoms with Crippen LogP contribution in [0.4, 0.5) is 5.82 Å². The van der Waals surface area contributed by atoms with Crippen LogP contribution in [0.3, 0.4) is 0 Å². The summed E-state index contributed by atoms with van der Waals surface area (Å²) in [5.74, 6) is 0.912. The van der Waals surface area contributed by atoms with Gasteiger partial charge in [-0.05, 0) is 27.2 Å². The smallest absolute Gasteiger partial charge is 0.147 e. The van der Waals surface area contributed by atoms with Crippen molar-refractivity contribution < 1.29 is 0 Å². The molecule has 1 aromatic heterocycles. The number of rotatable bonds is 4. The van der Waals surface area contributed by atoms with Gasteiger partial charge in [-0.3, -0.25) is 4.98 Å². The van der Waals surface area contributed by atoms with Crippen molar-refractivity contribution in [1.82, 2.24) is 9.97 Å². The molecule has 0 aliphatic carbocycles. The molecule has 15 heavy (non-hydrogen) atoms. The standard InChI is InChI=1S/C11H18ClN3/c1-8(12)5-6-15(4)11-7-13-9(2)10(3)14-11/h7-8H,5-6H2,1-4H3. The van der Waals surface area contributed by atoms with E-state index in [1.54, 1.807) is 6.20 Å². The second-order valence-electron chi connectivity index (χ2n) is 3.89. The molecular formula is C11H18ClN3. The molecule has 4 heteroatoms. The molecule has 0 aliphatic heterocycles. The van der Waals surface area contributed by atoms with Crippen molar-refractivity contribution >= 4 is 17.4 Å². The van der Waals surface area contributed by atoms with Gasteiger partial charge in [-0.1, -0.05) is 0 Å². The van der Waals surface area contributed by atoms with E-state index in [1.807, 2.05) is 27.8 Å². The van der Waals surface area contributed by atoms with Crippen molar-refractivity contribution in [3.63, 3.8) is 0 Å². The molecule has 0 amide bonds. The van der Waals surface area contributed by atoms with Gasteiger partial charge in [-0.25, -0.2) is 4.98 Å². The summed E-state index contributed by atoms with van der Waals surface area (Å²) in [5, 5.41) is 0.201. The van der Waals surface area contributed by atoms with Crippen molar-refractivity contribution in [3.05, 3.63) is 17.6 Å². The van der Waals surface area contributed by atoms with Gasteiger partial charge < -0.3 is 4.90 Å². The molecule has 0 fully saturated rings. The summed E-state index contributed by atoms with van der Waals surface area (Å²) in [6.07, 6.45) is 2.76. The minimum Gasteiger partial charge on any atom is -0.358 e. The zero-order valence-corrected chi connectivity index (χ0v) is 10.5. The second-order valence-corrected chi connectivity index (χ2v) is 4.64. The molecular weight excluding hydrogens is 210 g/mol. The van der Waals surface area contributed by atoms with Crippen molar-refractivity contribution in [2.45, 2.75) is 32.6 Å². The van der Waals surface area contributed by atoms with Crippen LogP contribution in [-0.4, -0.2) is 28.9 Å². The highest BCUT2D eigenvalue weighted by atomic mass is 35.5. The molecule has 1 aromatic rings. The fraction of sp³-hybridized carbons (Fsp3) is 0.636. The highest BCUT2D eigenvalue weighted by Crippen LogP contribution is 2.11. The van der Waals surface area contributed by atoms with Crippen LogP contribution in [0, 0.1) is 13.8 Å². The molecule has 0 aliphatic rings. The number of aromatic nitrogens is 2. The molecule has 84 valence electrons. The van der Waals surface area contributed by atoms with E-state index >= 15 is 0 Å². The largest absolute Gasteiger partial charge is 0.358 e. The number of anilines is 1. The molecule has 0 radical (unpaired) electrons. The second kappa shape index (κ2) is 5.31. The Labute approximate surface area is 96.5 Å². The van der Waals surface area contributed by atoms with Crippen LogP contribution in [-0.2, 0) is 0 Å². The summed E-state index contributed by atoms with van der Waals surface area (Å²) in [6, 6.07) is 0. The summed E-state index contributed by atoms with van der Waals surface area (Å²) in [5.41, 5.74) is 1.97. The van der Waals surface area contributed by atoms with Crippen molar-refractivity contribution in [2.75, 3.05) is 18.5 Å². The van der Waals surface area contributed by atoms with Crippen LogP contribution in [0.5, 0.6) is 0 Å². The Hall–Kier alpha value is -0.830. The summed E-state index contributed by atoms with van der Waals surface area (Å²) in [6.45, 7) is 6.85. The molecule has 1 atom stereocenters. The van der Waals surface area contributed by atoms with Gasteiger partial charge >= 0.3 is 0 Å². The Morgan fingerprint density at radius 2 is 2.07 bits per heavy atom. The number of aryl methyl sites for hydroxylation is 2. The topological polar surface area (TPSA) is 29.0 Å². The third kappa shape index (κ3) is 3.67. The number of hydrogen-bond acceptors (Lipinski definition) is 3. The van der Waals surface area contributed by atoms with E-state index in [-0.39, 0.29) is 5.38 Å². The van der Waals surface area contributed by atoms with Gasteiger partial charge in [-0.2, -0.15) is 0 Å². The first-order chi connectivity index (χ1) is 7.00. The zero-order valence-electron chi connectivity index (χ0n) is 9.79. The van der Waals surface area contributed by atoms with E-state index in [1.165, 1.54) is 0 Å². The first-order valence-electron chi connectivity index (χ1n) is 5.16. The summed E-state index contributed by atoms with van der Waals surface area (Å²) in [7, 11) is 2.01. The van der Waals surface area contributed by atoms with Gasteiger partial charge in [0, 0.05) is 19.0 Å². The predicted molar refractivity (Wildman–Crippen MR) is 64.7 cm³/mol. The normalized spacial score (nSPS) is 12.6. The lowest BCUT2D eigenvalue weighted by Gasteiger charge is -2.19. The summed E-state index contributed by atoms with van der Waals surface area (Å²) < 4.78 is 0. The maximum Gasteiger partial charge on any atom is 0.147 e. The first-order valence-corrected chi connectivity index (χ1v) is 5.59. The molecule has 0 bridgehead atoms. The Morgan fingerprint density at radius 1 is 1.40 bits per heavy atom. The highest BCUT2D eigenvalue weighted by molar-refractivity contribution is 6.20. The molecule has 0 spiro atoms. The average Bonchev–Trinajstić information content (AvgIpc) is 2.18. The lowest BCUT2D eigenvalue weighted by Crippen LogP contribution is -2.22. The fourth-order valence-corrected chi connectivity index (χ4v) is 1.30. The molecule has 0 saturated heterocycles. The van der Waals surface area contributed by atoms with Crippen LogP contribution in [0.2, 0.25) is 0 Å². The van der Waals surface area contributed by atoms with Crippen molar-refractivity contribution in [1.29, 1.82) is 0 Å². The lowest BCUT2D eigenvalue weighted by molar-refractivity contribution is 0.761. The van der Waals surface area contributed by atoms with Crippen LogP contribution >= 0.6 is 11.6 Å². The molecule has 1 heterocycles. The first kappa shape index (κ1) is 12.2. The predicted octanol–water partition coefficient (Wildman–Crippen LogP) is 2.55. The molecule has 0 saturated carbocycles. The third-order valence-electron chi connectivity index (χ3n) is 2.43. The molecule has 0 aromatic carbocycles.